The molecule has 3 rings (SSSR count). The average Bonchev–Trinajstić information content (AvgIpc) is 3.12. The topological polar surface area (TPSA) is 58.2 Å². The molecule has 0 aromatic carbocycles. The van der Waals surface area contributed by atoms with Crippen LogP contribution < -0.4 is 0 Å². The Bertz CT molecular complexity index is 412. The van der Waals surface area contributed by atoms with Crippen molar-refractivity contribution >= 4 is 5.91 Å². The van der Waals surface area contributed by atoms with Gasteiger partial charge in [-0.1, -0.05) is 0 Å². The molecule has 1 amide bonds. The number of amides is 1. The summed E-state index contributed by atoms with van der Waals surface area (Å²) < 4.78 is 5.55. The van der Waals surface area contributed by atoms with Crippen molar-refractivity contribution in [3.8, 4) is 0 Å². The lowest BCUT2D eigenvalue weighted by atomic mass is 9.94. The van der Waals surface area contributed by atoms with Gasteiger partial charge in [-0.15, -0.1) is 0 Å². The summed E-state index contributed by atoms with van der Waals surface area (Å²) in [4.78, 5) is 14.3. The molecule has 2 saturated heterocycles. The first-order chi connectivity index (χ1) is 9.33. The largest absolute Gasteiger partial charge is 0.378 e. The van der Waals surface area contributed by atoms with Crippen LogP contribution in [0.25, 0.3) is 0 Å². The molecule has 1 aromatic heterocycles. The number of ether oxygens (including phenoxy) is 1. The zero-order valence-corrected chi connectivity index (χ0v) is 11.2. The molecule has 0 spiro atoms. The minimum atomic E-state index is 0.153. The fourth-order valence-corrected chi connectivity index (χ4v) is 3.08. The van der Waals surface area contributed by atoms with E-state index in [-0.39, 0.29) is 12.0 Å². The molecule has 104 valence electrons. The molecule has 5 heteroatoms. The number of nitrogens with one attached hydrogen (secondary N) is 1. The van der Waals surface area contributed by atoms with Crippen molar-refractivity contribution in [3.05, 3.63) is 18.0 Å². The first kappa shape index (κ1) is 12.7. The SMILES string of the molecule is O=C(C[C@H]1CCCO1)N1CCC[C@@H](c2ccn[nH]2)C1. The van der Waals surface area contributed by atoms with E-state index in [2.05, 4.69) is 10.2 Å². The lowest BCUT2D eigenvalue weighted by Gasteiger charge is -2.32. The first-order valence-electron chi connectivity index (χ1n) is 7.21. The highest BCUT2D eigenvalue weighted by molar-refractivity contribution is 5.77. The molecule has 0 radical (unpaired) electrons. The Balaban J connectivity index is 1.56. The second kappa shape index (κ2) is 5.74. The third-order valence-corrected chi connectivity index (χ3v) is 4.16. The molecular weight excluding hydrogens is 242 g/mol. The van der Waals surface area contributed by atoms with Crippen molar-refractivity contribution in [2.24, 2.45) is 0 Å². The molecule has 0 unspecified atom stereocenters. The average molecular weight is 263 g/mol. The fourth-order valence-electron chi connectivity index (χ4n) is 3.08. The highest BCUT2D eigenvalue weighted by Gasteiger charge is 2.28. The van der Waals surface area contributed by atoms with Gasteiger partial charge in [0.1, 0.15) is 0 Å². The number of carbonyl (C=O) groups excluding carboxylic acids is 1. The maximum atomic E-state index is 12.3. The van der Waals surface area contributed by atoms with Crippen molar-refractivity contribution < 1.29 is 9.53 Å². The van der Waals surface area contributed by atoms with Crippen LogP contribution in [0, 0.1) is 0 Å². The number of rotatable bonds is 3. The van der Waals surface area contributed by atoms with Gasteiger partial charge in [-0.25, -0.2) is 0 Å². The van der Waals surface area contributed by atoms with Crippen LogP contribution in [0.3, 0.4) is 0 Å². The normalized spacial score (nSPS) is 27.7. The molecule has 3 heterocycles. The summed E-state index contributed by atoms with van der Waals surface area (Å²) >= 11 is 0. The van der Waals surface area contributed by atoms with Crippen LogP contribution >= 0.6 is 0 Å². The number of aromatic nitrogens is 2. The summed E-state index contributed by atoms with van der Waals surface area (Å²) in [5, 5.41) is 7.03. The number of aromatic amines is 1. The van der Waals surface area contributed by atoms with Gasteiger partial charge in [0.25, 0.3) is 0 Å². The van der Waals surface area contributed by atoms with E-state index in [1.807, 2.05) is 11.0 Å². The van der Waals surface area contributed by atoms with E-state index in [0.29, 0.717) is 12.3 Å². The predicted octanol–water partition coefficient (Wildman–Crippen LogP) is 1.68. The van der Waals surface area contributed by atoms with Gasteiger partial charge < -0.3 is 9.64 Å². The maximum absolute atomic E-state index is 12.3. The Kier molecular flexibility index (Phi) is 3.82. The number of nitrogens with zero attached hydrogens (tertiary/aromatic N) is 2. The van der Waals surface area contributed by atoms with E-state index >= 15 is 0 Å². The standard InChI is InChI=1S/C14H21N3O2/c18-14(9-12-4-2-8-19-12)17-7-1-3-11(10-17)13-5-6-15-16-13/h5-6,11-12H,1-4,7-10H2,(H,15,16)/t11-,12-/m1/s1. The minimum absolute atomic E-state index is 0.153. The predicted molar refractivity (Wildman–Crippen MR) is 70.7 cm³/mol. The van der Waals surface area contributed by atoms with Gasteiger partial charge in [0.05, 0.1) is 12.5 Å². The van der Waals surface area contributed by atoms with Crippen LogP contribution in [0.2, 0.25) is 0 Å². The van der Waals surface area contributed by atoms with E-state index in [4.69, 9.17) is 4.74 Å². The molecule has 0 bridgehead atoms. The Morgan fingerprint density at radius 3 is 3.16 bits per heavy atom. The van der Waals surface area contributed by atoms with Crippen LogP contribution in [-0.2, 0) is 9.53 Å². The second-order valence-electron chi connectivity index (χ2n) is 5.53. The van der Waals surface area contributed by atoms with Crippen LogP contribution in [0.15, 0.2) is 12.3 Å². The molecule has 2 aliphatic heterocycles. The van der Waals surface area contributed by atoms with E-state index in [1.54, 1.807) is 6.20 Å². The minimum Gasteiger partial charge on any atom is -0.378 e. The van der Waals surface area contributed by atoms with Crippen molar-refractivity contribution in [1.29, 1.82) is 0 Å². The highest BCUT2D eigenvalue weighted by Crippen LogP contribution is 2.26. The molecule has 2 atom stereocenters. The van der Waals surface area contributed by atoms with Crippen LogP contribution in [0.4, 0.5) is 0 Å². The zero-order valence-electron chi connectivity index (χ0n) is 11.2. The summed E-state index contributed by atoms with van der Waals surface area (Å²) in [5.74, 6) is 0.654. The van der Waals surface area contributed by atoms with E-state index in [0.717, 1.165) is 51.1 Å². The van der Waals surface area contributed by atoms with Gasteiger partial charge in [-0.2, -0.15) is 5.10 Å². The molecule has 2 aliphatic rings. The number of carbonyl (C=O) groups is 1. The summed E-state index contributed by atoms with van der Waals surface area (Å²) in [6.45, 7) is 2.51. The van der Waals surface area contributed by atoms with Gasteiger partial charge in [-0.05, 0) is 31.7 Å². The fraction of sp³-hybridized carbons (Fsp3) is 0.714. The summed E-state index contributed by atoms with van der Waals surface area (Å²) in [7, 11) is 0. The third-order valence-electron chi connectivity index (χ3n) is 4.16. The van der Waals surface area contributed by atoms with E-state index in [1.165, 1.54) is 0 Å². The van der Waals surface area contributed by atoms with Gasteiger partial charge in [0.2, 0.25) is 5.91 Å². The number of hydrogen-bond acceptors (Lipinski definition) is 3. The Morgan fingerprint density at radius 1 is 1.47 bits per heavy atom. The molecule has 5 nitrogen and oxygen atoms in total. The smallest absolute Gasteiger partial charge is 0.225 e. The molecular formula is C14H21N3O2. The highest BCUT2D eigenvalue weighted by atomic mass is 16.5. The Labute approximate surface area is 113 Å². The van der Waals surface area contributed by atoms with Crippen molar-refractivity contribution in [2.75, 3.05) is 19.7 Å². The Morgan fingerprint density at radius 2 is 2.42 bits per heavy atom. The van der Waals surface area contributed by atoms with Gasteiger partial charge in [0.15, 0.2) is 0 Å². The van der Waals surface area contributed by atoms with E-state index < -0.39 is 0 Å². The summed E-state index contributed by atoms with van der Waals surface area (Å²) in [6, 6.07) is 2.01. The van der Waals surface area contributed by atoms with Gasteiger partial charge in [-0.3, -0.25) is 9.89 Å². The summed E-state index contributed by atoms with van der Waals surface area (Å²) in [5.41, 5.74) is 1.15. The van der Waals surface area contributed by atoms with Gasteiger partial charge in [0, 0.05) is 37.5 Å². The van der Waals surface area contributed by atoms with Crippen molar-refractivity contribution in [3.63, 3.8) is 0 Å². The number of likely N-dealkylation sites (tertiary alicyclic amines) is 1. The lowest BCUT2D eigenvalue weighted by molar-refractivity contribution is -0.134. The monoisotopic (exact) mass is 263 g/mol. The van der Waals surface area contributed by atoms with Crippen molar-refractivity contribution in [2.45, 2.75) is 44.1 Å². The quantitative estimate of drug-likeness (QED) is 0.902. The van der Waals surface area contributed by atoms with Crippen molar-refractivity contribution in [1.82, 2.24) is 15.1 Å². The number of hydrogen-bond donors (Lipinski definition) is 1. The van der Waals surface area contributed by atoms with Crippen LogP contribution in [-0.4, -0.2) is 46.8 Å². The maximum Gasteiger partial charge on any atom is 0.225 e. The molecule has 19 heavy (non-hydrogen) atoms. The third kappa shape index (κ3) is 2.97. The van der Waals surface area contributed by atoms with Crippen LogP contribution in [0.1, 0.15) is 43.7 Å². The number of H-pyrrole nitrogens is 1. The van der Waals surface area contributed by atoms with E-state index in [9.17, 15) is 4.79 Å². The molecule has 1 aromatic rings. The molecule has 0 aliphatic carbocycles. The molecule has 1 N–H and O–H groups in total. The Hall–Kier alpha value is -1.36. The molecule has 2 fully saturated rings. The number of piperidine rings is 1. The second-order valence-corrected chi connectivity index (χ2v) is 5.53. The van der Waals surface area contributed by atoms with Gasteiger partial charge >= 0.3 is 0 Å². The van der Waals surface area contributed by atoms with Crippen LogP contribution in [0.5, 0.6) is 0 Å². The summed E-state index contributed by atoms with van der Waals surface area (Å²) in [6.07, 6.45) is 6.81. The zero-order chi connectivity index (χ0) is 13.1. The first-order valence-corrected chi connectivity index (χ1v) is 7.21. The lowest BCUT2D eigenvalue weighted by Crippen LogP contribution is -2.40. The molecule has 0 saturated carbocycles.